The number of urea groups is 1. The minimum Gasteiger partial charge on any atom is -0.453 e. The minimum absolute atomic E-state index is 0.0769. The summed E-state index contributed by atoms with van der Waals surface area (Å²) in [6.07, 6.45) is -1.08. The second-order valence-electron chi connectivity index (χ2n) is 6.85. The summed E-state index contributed by atoms with van der Waals surface area (Å²) >= 11 is 0. The Bertz CT molecular complexity index is 1170. The molecule has 0 spiro atoms. The second-order valence-corrected chi connectivity index (χ2v) is 6.85. The van der Waals surface area contributed by atoms with Crippen LogP contribution in [0, 0.1) is 0 Å². The van der Waals surface area contributed by atoms with E-state index in [1.54, 1.807) is 61.6 Å². The Morgan fingerprint density at radius 1 is 1.06 bits per heavy atom. The highest BCUT2D eigenvalue weighted by Gasteiger charge is 2.20. The number of anilines is 1. The number of nitrogens with zero attached hydrogens (tertiary/aromatic N) is 2. The molecule has 2 N–H and O–H groups in total. The van der Waals surface area contributed by atoms with Gasteiger partial charge in [-0.05, 0) is 31.2 Å². The van der Waals surface area contributed by atoms with Gasteiger partial charge in [0, 0.05) is 19.2 Å². The van der Waals surface area contributed by atoms with Crippen LogP contribution in [0.4, 0.5) is 10.5 Å². The summed E-state index contributed by atoms with van der Waals surface area (Å²) in [6, 6.07) is 14.8. The Hall–Kier alpha value is -4.01. The average Bonchev–Trinajstić information content (AvgIpc) is 2.75. The molecule has 1 unspecified atom stereocenters. The highest BCUT2D eigenvalue weighted by atomic mass is 16.5. The molecule has 3 aromatic rings. The number of ether oxygens (including phenoxy) is 1. The summed E-state index contributed by atoms with van der Waals surface area (Å²) in [5.74, 6) is -0.966. The van der Waals surface area contributed by atoms with Crippen LogP contribution in [0.5, 0.6) is 0 Å². The Balaban J connectivity index is 1.53. The largest absolute Gasteiger partial charge is 0.453 e. The number of aromatic nitrogens is 2. The molecule has 0 saturated heterocycles. The van der Waals surface area contributed by atoms with Crippen molar-refractivity contribution < 1.29 is 19.1 Å². The van der Waals surface area contributed by atoms with E-state index >= 15 is 0 Å². The fraction of sp³-hybridized carbons (Fsp3) is 0.227. The Kier molecular flexibility index (Phi) is 6.76. The molecule has 2 aromatic carbocycles. The van der Waals surface area contributed by atoms with Crippen LogP contribution in [0.3, 0.4) is 0 Å². The highest BCUT2D eigenvalue weighted by Crippen LogP contribution is 2.09. The van der Waals surface area contributed by atoms with E-state index in [0.29, 0.717) is 22.4 Å². The summed E-state index contributed by atoms with van der Waals surface area (Å²) in [6.45, 7) is 1.37. The van der Waals surface area contributed by atoms with Gasteiger partial charge >= 0.3 is 12.0 Å². The van der Waals surface area contributed by atoms with E-state index in [1.807, 2.05) is 0 Å². The zero-order chi connectivity index (χ0) is 22.4. The molecule has 1 aromatic heterocycles. The lowest BCUT2D eigenvalue weighted by Crippen LogP contribution is -2.41. The lowest BCUT2D eigenvalue weighted by Gasteiger charge is -2.14. The molecule has 1 heterocycles. The number of carbonyl (C=O) groups is 3. The zero-order valence-electron chi connectivity index (χ0n) is 17.1. The van der Waals surface area contributed by atoms with Crippen LogP contribution in [0.2, 0.25) is 0 Å². The number of aryl methyl sites for hydroxylation is 1. The van der Waals surface area contributed by atoms with Crippen LogP contribution < -0.4 is 16.2 Å². The van der Waals surface area contributed by atoms with Crippen LogP contribution in [0.15, 0.2) is 59.4 Å². The summed E-state index contributed by atoms with van der Waals surface area (Å²) in [4.78, 5) is 53.0. The number of hydrogen-bond acceptors (Lipinski definition) is 6. The average molecular weight is 422 g/mol. The van der Waals surface area contributed by atoms with E-state index in [-0.39, 0.29) is 18.4 Å². The quantitative estimate of drug-likeness (QED) is 0.588. The smallest absolute Gasteiger partial charge is 0.325 e. The van der Waals surface area contributed by atoms with Gasteiger partial charge in [-0.3, -0.25) is 24.3 Å². The van der Waals surface area contributed by atoms with Crippen molar-refractivity contribution in [2.75, 3.05) is 5.32 Å². The first-order valence-corrected chi connectivity index (χ1v) is 9.66. The number of imide groups is 1. The number of fused-ring (bicyclic) bond motifs is 1. The van der Waals surface area contributed by atoms with Crippen molar-refractivity contribution in [3.63, 3.8) is 0 Å². The molecule has 1 atom stereocenters. The summed E-state index contributed by atoms with van der Waals surface area (Å²) in [7, 11) is 1.59. The normalized spacial score (nSPS) is 11.5. The van der Waals surface area contributed by atoms with Crippen LogP contribution in [0.25, 0.3) is 10.9 Å². The van der Waals surface area contributed by atoms with Gasteiger partial charge in [0.15, 0.2) is 6.10 Å². The first-order valence-electron chi connectivity index (χ1n) is 9.66. The van der Waals surface area contributed by atoms with Gasteiger partial charge in [-0.25, -0.2) is 9.78 Å². The Morgan fingerprint density at radius 3 is 2.48 bits per heavy atom. The zero-order valence-corrected chi connectivity index (χ0v) is 17.1. The standard InChI is InChI=1S/C22H22N4O5/c1-14(20(28)25-22(30)23-15-8-4-3-5-9-15)31-19(27)13-12-18-24-17-11-7-6-10-16(17)21(29)26(18)2/h3-11,14H,12-13H2,1-2H3,(H2,23,25,28,30). The topological polar surface area (TPSA) is 119 Å². The van der Waals surface area contributed by atoms with E-state index in [1.165, 1.54) is 11.5 Å². The summed E-state index contributed by atoms with van der Waals surface area (Å²) < 4.78 is 6.48. The predicted octanol–water partition coefficient (Wildman–Crippen LogP) is 2.15. The minimum atomic E-state index is -1.16. The van der Waals surface area contributed by atoms with E-state index in [9.17, 15) is 19.2 Å². The van der Waals surface area contributed by atoms with E-state index in [0.717, 1.165) is 0 Å². The van der Waals surface area contributed by atoms with Gasteiger partial charge in [0.05, 0.1) is 17.3 Å². The third kappa shape index (κ3) is 5.53. The molecule has 0 aliphatic carbocycles. The fourth-order valence-corrected chi connectivity index (χ4v) is 2.91. The monoisotopic (exact) mass is 422 g/mol. The summed E-state index contributed by atoms with van der Waals surface area (Å²) in [5.41, 5.74) is 0.864. The molecular formula is C22H22N4O5. The number of benzene rings is 2. The first kappa shape index (κ1) is 21.7. The number of amides is 3. The molecule has 0 aliphatic rings. The fourth-order valence-electron chi connectivity index (χ4n) is 2.91. The van der Waals surface area contributed by atoms with E-state index in [4.69, 9.17) is 4.74 Å². The molecular weight excluding hydrogens is 400 g/mol. The lowest BCUT2D eigenvalue weighted by molar-refractivity contribution is -0.154. The Morgan fingerprint density at radius 2 is 1.74 bits per heavy atom. The van der Waals surface area contributed by atoms with Gasteiger partial charge in [0.1, 0.15) is 5.82 Å². The van der Waals surface area contributed by atoms with Crippen LogP contribution >= 0.6 is 0 Å². The Labute approximate surface area is 178 Å². The number of para-hydroxylation sites is 2. The van der Waals surface area contributed by atoms with E-state index in [2.05, 4.69) is 15.6 Å². The molecule has 0 bridgehead atoms. The number of nitrogens with one attached hydrogen (secondary N) is 2. The molecule has 0 radical (unpaired) electrons. The van der Waals surface area contributed by atoms with Gasteiger partial charge in [-0.15, -0.1) is 0 Å². The second kappa shape index (κ2) is 9.66. The molecule has 0 saturated carbocycles. The van der Waals surface area contributed by atoms with Crippen molar-refractivity contribution in [2.45, 2.75) is 25.9 Å². The molecule has 3 rings (SSSR count). The number of rotatable bonds is 6. The molecule has 31 heavy (non-hydrogen) atoms. The highest BCUT2D eigenvalue weighted by molar-refractivity contribution is 6.02. The number of esters is 1. The van der Waals surface area contributed by atoms with Gasteiger partial charge < -0.3 is 10.1 Å². The third-order valence-corrected chi connectivity index (χ3v) is 4.57. The molecule has 9 heteroatoms. The van der Waals surface area contributed by atoms with Crippen molar-refractivity contribution in [1.29, 1.82) is 0 Å². The maximum atomic E-state index is 12.4. The van der Waals surface area contributed by atoms with Crippen LogP contribution in [0.1, 0.15) is 19.2 Å². The van der Waals surface area contributed by atoms with Gasteiger partial charge in [0.2, 0.25) is 0 Å². The predicted molar refractivity (Wildman–Crippen MR) is 114 cm³/mol. The van der Waals surface area contributed by atoms with Crippen LogP contribution in [-0.4, -0.2) is 33.6 Å². The number of hydrogen-bond donors (Lipinski definition) is 2. The SMILES string of the molecule is CC(OC(=O)CCc1nc2ccccc2c(=O)n1C)C(=O)NC(=O)Nc1ccccc1. The molecule has 9 nitrogen and oxygen atoms in total. The van der Waals surface area contributed by atoms with Crippen LogP contribution in [-0.2, 0) is 27.8 Å². The maximum absolute atomic E-state index is 12.4. The lowest BCUT2D eigenvalue weighted by atomic mass is 10.2. The third-order valence-electron chi connectivity index (χ3n) is 4.57. The maximum Gasteiger partial charge on any atom is 0.325 e. The molecule has 0 aliphatic heterocycles. The number of carbonyl (C=O) groups excluding carboxylic acids is 3. The van der Waals surface area contributed by atoms with Crippen molar-refractivity contribution in [3.05, 3.63) is 70.8 Å². The molecule has 0 fully saturated rings. The van der Waals surface area contributed by atoms with Crippen molar-refractivity contribution in [3.8, 4) is 0 Å². The van der Waals surface area contributed by atoms with Gasteiger partial charge in [-0.2, -0.15) is 0 Å². The molecule has 160 valence electrons. The van der Waals surface area contributed by atoms with E-state index < -0.39 is 24.0 Å². The first-order chi connectivity index (χ1) is 14.8. The van der Waals surface area contributed by atoms with Crippen molar-refractivity contribution >= 4 is 34.5 Å². The van der Waals surface area contributed by atoms with Crippen molar-refractivity contribution in [1.82, 2.24) is 14.9 Å². The molecule has 3 amide bonds. The summed E-state index contributed by atoms with van der Waals surface area (Å²) in [5, 5.41) is 5.12. The van der Waals surface area contributed by atoms with Gasteiger partial charge in [-0.1, -0.05) is 30.3 Å². The van der Waals surface area contributed by atoms with Crippen molar-refractivity contribution in [2.24, 2.45) is 7.05 Å². The van der Waals surface area contributed by atoms with Gasteiger partial charge in [0.25, 0.3) is 11.5 Å².